The van der Waals surface area contributed by atoms with E-state index in [0.717, 1.165) is 11.8 Å². The summed E-state index contributed by atoms with van der Waals surface area (Å²) in [5, 5.41) is 39.3. The Balaban J connectivity index is 3.74. The minimum absolute atomic E-state index is 0.0349. The van der Waals surface area contributed by atoms with E-state index in [1.54, 1.807) is 6.07 Å². The number of benzene rings is 1. The second-order valence-corrected chi connectivity index (χ2v) is 13.4. The molecule has 0 aromatic heterocycles. The van der Waals surface area contributed by atoms with Gasteiger partial charge < -0.3 is 30.0 Å². The van der Waals surface area contributed by atoms with Gasteiger partial charge in [-0.2, -0.15) is 23.5 Å². The average molecular weight is 549 g/mol. The lowest BCUT2D eigenvalue weighted by Crippen LogP contribution is -2.32. The first-order chi connectivity index (χ1) is 15.8. The van der Waals surface area contributed by atoms with E-state index in [9.17, 15) is 29.4 Å². The van der Waals surface area contributed by atoms with Crippen LogP contribution in [-0.4, -0.2) is 54.8 Å². The van der Waals surface area contributed by atoms with Crippen LogP contribution in [0.4, 0.5) is 9.59 Å². The van der Waals surface area contributed by atoms with E-state index in [2.05, 4.69) is 0 Å². The van der Waals surface area contributed by atoms with Crippen molar-refractivity contribution in [2.45, 2.75) is 61.5 Å². The van der Waals surface area contributed by atoms with E-state index in [1.807, 2.05) is 27.7 Å². The zero-order chi connectivity index (χ0) is 26.0. The fourth-order valence-corrected chi connectivity index (χ4v) is 7.31. The Hall–Kier alpha value is -1.50. The topological polar surface area (TPSA) is 155 Å². The van der Waals surface area contributed by atoms with Crippen LogP contribution in [0.25, 0.3) is 0 Å². The van der Waals surface area contributed by atoms with Crippen LogP contribution in [0, 0.1) is 0 Å². The standard InChI is InChI=1S/C22H30O8S4/c1-11(2)33-15(7-9-31-21(27)28)13-5-6-14(19(23)24)18(20(25)26)17(13)16(34-12(3)4)8-10-32-22(29)30/h5-6,11-12,15-16H,7-10H2,1-4H3,(H,23,24)(H,25,26)(H,27,28)(H,29,30)/p-2. The monoisotopic (exact) mass is 548 g/mol. The van der Waals surface area contributed by atoms with Crippen molar-refractivity contribution in [2.24, 2.45) is 0 Å². The maximum atomic E-state index is 12.2. The first-order valence-electron chi connectivity index (χ1n) is 10.5. The third-order valence-corrected chi connectivity index (χ3v) is 8.54. The first-order valence-corrected chi connectivity index (χ1v) is 14.3. The molecular weight excluding hydrogens is 521 g/mol. The Morgan fingerprint density at radius 1 is 0.794 bits per heavy atom. The number of aromatic carboxylic acids is 2. The van der Waals surface area contributed by atoms with E-state index >= 15 is 0 Å². The number of hydrogen-bond acceptors (Lipinski definition) is 10. The number of rotatable bonds is 14. The number of carboxylic acid groups (broad SMARTS) is 4. The number of hydrogen-bond donors (Lipinski definition) is 2. The van der Waals surface area contributed by atoms with Crippen LogP contribution in [0.3, 0.4) is 0 Å². The Morgan fingerprint density at radius 2 is 1.26 bits per heavy atom. The average Bonchev–Trinajstić information content (AvgIpc) is 2.70. The van der Waals surface area contributed by atoms with Crippen molar-refractivity contribution in [3.8, 4) is 0 Å². The second kappa shape index (κ2) is 14.8. The summed E-state index contributed by atoms with van der Waals surface area (Å²) in [4.78, 5) is 46.0. The highest BCUT2D eigenvalue weighted by Gasteiger charge is 2.28. The minimum atomic E-state index is -1.65. The zero-order valence-electron chi connectivity index (χ0n) is 19.3. The molecule has 0 saturated heterocycles. The Labute approximate surface area is 216 Å². The first kappa shape index (κ1) is 30.5. The second-order valence-electron chi connectivity index (χ2n) is 7.72. The molecule has 0 spiro atoms. The summed E-state index contributed by atoms with van der Waals surface area (Å²) >= 11 is 4.37. The van der Waals surface area contributed by atoms with Crippen molar-refractivity contribution in [1.82, 2.24) is 0 Å². The van der Waals surface area contributed by atoms with Crippen LogP contribution in [-0.2, 0) is 0 Å². The molecule has 2 N–H and O–H groups in total. The van der Waals surface area contributed by atoms with Crippen LogP contribution in [0.5, 0.6) is 0 Å². The predicted molar refractivity (Wildman–Crippen MR) is 136 cm³/mol. The number of carbonyl (C=O) groups is 4. The van der Waals surface area contributed by atoms with Gasteiger partial charge in [0.05, 0.1) is 11.9 Å². The molecule has 1 aromatic rings. The third kappa shape index (κ3) is 10.0. The van der Waals surface area contributed by atoms with Crippen LogP contribution < -0.4 is 10.2 Å². The predicted octanol–water partition coefficient (Wildman–Crippen LogP) is 4.38. The number of thioether (sulfide) groups is 4. The summed E-state index contributed by atoms with van der Waals surface area (Å²) in [6.45, 7) is 7.74. The maximum Gasteiger partial charge on any atom is 0.364 e. The lowest BCUT2D eigenvalue weighted by atomic mass is 9.90. The van der Waals surface area contributed by atoms with E-state index < -0.39 is 38.9 Å². The molecule has 34 heavy (non-hydrogen) atoms. The van der Waals surface area contributed by atoms with Gasteiger partial charge in [0, 0.05) is 33.1 Å². The molecule has 1 rings (SSSR count). The van der Waals surface area contributed by atoms with Gasteiger partial charge in [-0.05, 0) is 58.0 Å². The molecular formula is C22H28O8S4-2. The normalized spacial score (nSPS) is 13.1. The van der Waals surface area contributed by atoms with Crippen molar-refractivity contribution < 1.29 is 39.6 Å². The van der Waals surface area contributed by atoms with Gasteiger partial charge in [0.15, 0.2) is 0 Å². The minimum Gasteiger partial charge on any atom is -0.545 e. The van der Waals surface area contributed by atoms with Gasteiger partial charge in [0.25, 0.3) is 0 Å². The molecule has 0 bridgehead atoms. The molecule has 0 radical (unpaired) electrons. The zero-order valence-corrected chi connectivity index (χ0v) is 22.5. The van der Waals surface area contributed by atoms with Crippen molar-refractivity contribution >= 4 is 69.6 Å². The van der Waals surface area contributed by atoms with Crippen LogP contribution >= 0.6 is 47.0 Å². The van der Waals surface area contributed by atoms with Crippen LogP contribution in [0.15, 0.2) is 12.1 Å². The molecule has 2 atom stereocenters. The van der Waals surface area contributed by atoms with Gasteiger partial charge >= 0.3 is 10.6 Å². The smallest absolute Gasteiger partial charge is 0.364 e. The van der Waals surface area contributed by atoms with E-state index in [4.69, 9.17) is 10.2 Å². The van der Waals surface area contributed by atoms with Crippen LogP contribution in [0.1, 0.15) is 82.9 Å². The lowest BCUT2D eigenvalue weighted by molar-refractivity contribution is -0.259. The molecule has 2 unspecified atom stereocenters. The summed E-state index contributed by atoms with van der Waals surface area (Å²) in [5.74, 6) is -2.82. The highest BCUT2D eigenvalue weighted by Crippen LogP contribution is 2.46. The molecule has 0 aliphatic carbocycles. The number of carbonyl (C=O) groups excluding carboxylic acids is 2. The van der Waals surface area contributed by atoms with E-state index in [1.165, 1.54) is 29.6 Å². The lowest BCUT2D eigenvalue weighted by Gasteiger charge is -2.31. The molecule has 0 amide bonds. The van der Waals surface area contributed by atoms with Gasteiger partial charge in [-0.25, -0.2) is 9.59 Å². The molecule has 1 aromatic carbocycles. The van der Waals surface area contributed by atoms with Gasteiger partial charge in [0.1, 0.15) is 0 Å². The molecule has 0 fully saturated rings. The Morgan fingerprint density at radius 3 is 1.68 bits per heavy atom. The van der Waals surface area contributed by atoms with Crippen molar-refractivity contribution in [3.05, 3.63) is 34.4 Å². The fraction of sp³-hybridized carbons (Fsp3) is 0.545. The summed E-state index contributed by atoms with van der Waals surface area (Å²) in [6, 6.07) is 2.76. The third-order valence-electron chi connectivity index (χ3n) is 4.46. The summed E-state index contributed by atoms with van der Waals surface area (Å²) in [6.07, 6.45) is 0.694. The maximum absolute atomic E-state index is 12.2. The van der Waals surface area contributed by atoms with Crippen LogP contribution in [0.2, 0.25) is 0 Å². The molecule has 8 nitrogen and oxygen atoms in total. The van der Waals surface area contributed by atoms with Gasteiger partial charge in [-0.1, -0.05) is 39.8 Å². The summed E-state index contributed by atoms with van der Waals surface area (Å²) < 4.78 is 0. The van der Waals surface area contributed by atoms with Crippen molar-refractivity contribution in [2.75, 3.05) is 11.5 Å². The quantitative estimate of drug-likeness (QED) is 0.339. The molecule has 0 heterocycles. The molecule has 0 aliphatic heterocycles. The number of carboxylic acids is 2. The molecule has 12 heteroatoms. The Kier molecular flexibility index (Phi) is 13.3. The molecule has 190 valence electrons. The summed E-state index contributed by atoms with van der Waals surface area (Å²) in [7, 11) is 0. The largest absolute Gasteiger partial charge is 0.545 e. The van der Waals surface area contributed by atoms with E-state index in [0.29, 0.717) is 23.7 Å². The molecule has 0 aliphatic rings. The van der Waals surface area contributed by atoms with E-state index in [-0.39, 0.29) is 39.2 Å². The fourth-order valence-electron chi connectivity index (χ4n) is 3.39. The van der Waals surface area contributed by atoms with Crippen molar-refractivity contribution in [3.63, 3.8) is 0 Å². The SMILES string of the molecule is CC(C)SC(CCSC(=O)O)c1ccc(C(=O)[O-])c(C(=O)[O-])c1C(CCSC(=O)O)SC(C)C. The Bertz CT molecular complexity index is 888. The highest BCUT2D eigenvalue weighted by molar-refractivity contribution is 8.13. The highest BCUT2D eigenvalue weighted by atomic mass is 32.2. The van der Waals surface area contributed by atoms with Gasteiger partial charge in [-0.15, -0.1) is 0 Å². The summed E-state index contributed by atoms with van der Waals surface area (Å²) in [5.41, 5.74) is -0.0827. The van der Waals surface area contributed by atoms with Gasteiger partial charge in [0.2, 0.25) is 0 Å². The van der Waals surface area contributed by atoms with Gasteiger partial charge in [-0.3, -0.25) is 0 Å². The molecule has 0 saturated carbocycles. The van der Waals surface area contributed by atoms with Crippen molar-refractivity contribution in [1.29, 1.82) is 0 Å².